The molecule has 1 atom stereocenters. The molecule has 0 aromatic heterocycles. The molecule has 1 amide bonds. The number of hydrogen-bond acceptors (Lipinski definition) is 4. The zero-order chi connectivity index (χ0) is 12.1. The summed E-state index contributed by atoms with van der Waals surface area (Å²) in [6, 6.07) is 7.47. The van der Waals surface area contributed by atoms with Crippen LogP contribution in [0.5, 0.6) is 0 Å². The first-order valence-electron chi connectivity index (χ1n) is 5.32. The van der Waals surface area contributed by atoms with Gasteiger partial charge in [-0.2, -0.15) is 5.10 Å². The van der Waals surface area contributed by atoms with Gasteiger partial charge in [0.05, 0.1) is 6.21 Å². The summed E-state index contributed by atoms with van der Waals surface area (Å²) >= 11 is 3.35. The highest BCUT2D eigenvalue weighted by Crippen LogP contribution is 2.08. The molecule has 5 nitrogen and oxygen atoms in total. The second-order valence-corrected chi connectivity index (χ2v) is 4.61. The molecular weight excluding hydrogens is 284 g/mol. The minimum atomic E-state index is -0.197. The van der Waals surface area contributed by atoms with Gasteiger partial charge >= 0.3 is 0 Å². The molecule has 90 valence electrons. The van der Waals surface area contributed by atoms with Crippen LogP contribution in [0.2, 0.25) is 0 Å². The first-order valence-corrected chi connectivity index (χ1v) is 6.12. The molecule has 1 aromatic rings. The highest BCUT2D eigenvalue weighted by atomic mass is 79.9. The van der Waals surface area contributed by atoms with E-state index in [4.69, 9.17) is 0 Å². The average Bonchev–Trinajstić information content (AvgIpc) is 2.85. The van der Waals surface area contributed by atoms with Crippen molar-refractivity contribution in [1.82, 2.24) is 16.3 Å². The number of nitrogens with one attached hydrogen (secondary N) is 3. The summed E-state index contributed by atoms with van der Waals surface area (Å²) in [6.45, 7) is 0.800. The Morgan fingerprint density at radius 2 is 2.24 bits per heavy atom. The van der Waals surface area contributed by atoms with Gasteiger partial charge in [0.1, 0.15) is 6.04 Å². The van der Waals surface area contributed by atoms with Gasteiger partial charge < -0.3 is 0 Å². The maximum absolute atomic E-state index is 11.6. The molecule has 1 unspecified atom stereocenters. The number of rotatable bonds is 3. The van der Waals surface area contributed by atoms with E-state index in [1.54, 1.807) is 6.21 Å². The Hall–Kier alpha value is -1.24. The van der Waals surface area contributed by atoms with Crippen LogP contribution < -0.4 is 16.3 Å². The summed E-state index contributed by atoms with van der Waals surface area (Å²) in [6.07, 6.45) is 2.40. The van der Waals surface area contributed by atoms with E-state index in [-0.39, 0.29) is 11.9 Å². The second-order valence-electron chi connectivity index (χ2n) is 3.70. The highest BCUT2D eigenvalue weighted by Gasteiger charge is 2.21. The van der Waals surface area contributed by atoms with Gasteiger partial charge in [0, 0.05) is 11.0 Å². The smallest absolute Gasteiger partial charge is 0.258 e. The summed E-state index contributed by atoms with van der Waals surface area (Å²) in [7, 11) is 0. The van der Waals surface area contributed by atoms with Gasteiger partial charge in [-0.1, -0.05) is 28.1 Å². The number of halogens is 1. The molecule has 0 saturated carbocycles. The van der Waals surface area contributed by atoms with Crippen LogP contribution in [0.25, 0.3) is 0 Å². The van der Waals surface area contributed by atoms with Crippen LogP contribution in [0.1, 0.15) is 12.0 Å². The molecule has 1 fully saturated rings. The van der Waals surface area contributed by atoms with Crippen molar-refractivity contribution in [2.24, 2.45) is 5.10 Å². The lowest BCUT2D eigenvalue weighted by Crippen LogP contribution is -2.41. The number of hydrazone groups is 1. The number of carbonyl (C=O) groups excluding carboxylic acids is 1. The molecule has 0 spiro atoms. The molecule has 0 aliphatic carbocycles. The Morgan fingerprint density at radius 3 is 2.88 bits per heavy atom. The fraction of sp³-hybridized carbons (Fsp3) is 0.273. The lowest BCUT2D eigenvalue weighted by atomic mass is 10.2. The van der Waals surface area contributed by atoms with E-state index in [2.05, 4.69) is 37.3 Å². The van der Waals surface area contributed by atoms with Gasteiger partial charge in [-0.3, -0.25) is 10.2 Å². The monoisotopic (exact) mass is 296 g/mol. The van der Waals surface area contributed by atoms with E-state index in [1.807, 2.05) is 24.3 Å². The molecule has 2 rings (SSSR count). The van der Waals surface area contributed by atoms with Crippen molar-refractivity contribution >= 4 is 28.1 Å². The topological polar surface area (TPSA) is 65.5 Å². The maximum Gasteiger partial charge on any atom is 0.258 e. The van der Waals surface area contributed by atoms with Crippen LogP contribution in [0, 0.1) is 0 Å². The van der Waals surface area contributed by atoms with Gasteiger partial charge in [-0.05, 0) is 24.1 Å². The summed E-state index contributed by atoms with van der Waals surface area (Å²) in [5, 5.41) is 3.91. The van der Waals surface area contributed by atoms with Crippen molar-refractivity contribution in [2.75, 3.05) is 6.54 Å². The maximum atomic E-state index is 11.6. The lowest BCUT2D eigenvalue weighted by molar-refractivity contribution is -0.122. The van der Waals surface area contributed by atoms with E-state index in [9.17, 15) is 4.79 Å². The third-order valence-electron chi connectivity index (χ3n) is 2.41. The third-order valence-corrected chi connectivity index (χ3v) is 2.94. The van der Waals surface area contributed by atoms with Gasteiger partial charge in [0.15, 0.2) is 0 Å². The van der Waals surface area contributed by atoms with Crippen molar-refractivity contribution in [3.05, 3.63) is 34.3 Å². The molecule has 1 aliphatic rings. The Kier molecular flexibility index (Phi) is 4.24. The number of nitrogens with zero attached hydrogens (tertiary/aromatic N) is 1. The van der Waals surface area contributed by atoms with Crippen molar-refractivity contribution in [3.63, 3.8) is 0 Å². The van der Waals surface area contributed by atoms with E-state index < -0.39 is 0 Å². The molecule has 17 heavy (non-hydrogen) atoms. The summed E-state index contributed by atoms with van der Waals surface area (Å²) in [5.41, 5.74) is 9.21. The first-order chi connectivity index (χ1) is 8.25. The number of amides is 1. The minimum Gasteiger partial charge on any atom is -0.271 e. The van der Waals surface area contributed by atoms with Crippen LogP contribution in [0.3, 0.4) is 0 Å². The van der Waals surface area contributed by atoms with Gasteiger partial charge in [0.2, 0.25) is 0 Å². The van der Waals surface area contributed by atoms with Gasteiger partial charge in [-0.25, -0.2) is 10.9 Å². The normalized spacial score (nSPS) is 19.7. The summed E-state index contributed by atoms with van der Waals surface area (Å²) in [5.74, 6) is -0.122. The average molecular weight is 297 g/mol. The molecule has 0 radical (unpaired) electrons. The molecule has 6 heteroatoms. The zero-order valence-corrected chi connectivity index (χ0v) is 10.7. The molecule has 1 saturated heterocycles. The SMILES string of the molecule is O=C(N/N=C/c1ccc(Br)cc1)C1CCNN1. The number of carbonyl (C=O) groups is 1. The first kappa shape index (κ1) is 12.2. The van der Waals surface area contributed by atoms with Crippen LogP contribution in [0.15, 0.2) is 33.8 Å². The highest BCUT2D eigenvalue weighted by molar-refractivity contribution is 9.10. The number of benzene rings is 1. The Balaban J connectivity index is 1.84. The number of hydrazine groups is 1. The van der Waals surface area contributed by atoms with Crippen LogP contribution in [-0.4, -0.2) is 24.7 Å². The number of hydrogen-bond donors (Lipinski definition) is 3. The summed E-state index contributed by atoms with van der Waals surface area (Å²) < 4.78 is 1.01. The lowest BCUT2D eigenvalue weighted by Gasteiger charge is -2.06. The molecule has 1 aromatic carbocycles. The van der Waals surface area contributed by atoms with Crippen LogP contribution in [-0.2, 0) is 4.79 Å². The van der Waals surface area contributed by atoms with Crippen LogP contribution >= 0.6 is 15.9 Å². The van der Waals surface area contributed by atoms with Gasteiger partial charge in [-0.15, -0.1) is 0 Å². The fourth-order valence-electron chi connectivity index (χ4n) is 1.48. The van der Waals surface area contributed by atoms with Crippen LogP contribution in [0.4, 0.5) is 0 Å². The van der Waals surface area contributed by atoms with E-state index in [1.165, 1.54) is 0 Å². The Labute approximate surface area is 108 Å². The predicted octanol–water partition coefficient (Wildman–Crippen LogP) is 0.766. The van der Waals surface area contributed by atoms with Crippen molar-refractivity contribution < 1.29 is 4.79 Å². The predicted molar refractivity (Wildman–Crippen MR) is 69.4 cm³/mol. The van der Waals surface area contributed by atoms with E-state index in [0.717, 1.165) is 23.0 Å². The standard InChI is InChI=1S/C11H13BrN4O/c12-9-3-1-8(2-4-9)7-14-16-11(17)10-5-6-13-15-10/h1-4,7,10,13,15H,5-6H2,(H,16,17)/b14-7+. The molecular formula is C11H13BrN4O. The van der Waals surface area contributed by atoms with Crippen molar-refractivity contribution in [2.45, 2.75) is 12.5 Å². The Bertz CT molecular complexity index is 412. The van der Waals surface area contributed by atoms with E-state index in [0.29, 0.717) is 0 Å². The minimum absolute atomic E-state index is 0.122. The second kappa shape index (κ2) is 5.90. The molecule has 1 aliphatic heterocycles. The Morgan fingerprint density at radius 1 is 1.47 bits per heavy atom. The van der Waals surface area contributed by atoms with Crippen molar-refractivity contribution in [1.29, 1.82) is 0 Å². The van der Waals surface area contributed by atoms with Crippen molar-refractivity contribution in [3.8, 4) is 0 Å². The molecule has 3 N–H and O–H groups in total. The van der Waals surface area contributed by atoms with Gasteiger partial charge in [0.25, 0.3) is 5.91 Å². The fourth-order valence-corrected chi connectivity index (χ4v) is 1.74. The quantitative estimate of drug-likeness (QED) is 0.570. The van der Waals surface area contributed by atoms with E-state index >= 15 is 0 Å². The largest absolute Gasteiger partial charge is 0.271 e. The summed E-state index contributed by atoms with van der Waals surface area (Å²) in [4.78, 5) is 11.6. The third kappa shape index (κ3) is 3.62. The zero-order valence-electron chi connectivity index (χ0n) is 9.11. The molecule has 0 bridgehead atoms. The molecule has 1 heterocycles.